The normalized spacial score (nSPS) is 61.1. The fourth-order valence-corrected chi connectivity index (χ4v) is 12.4. The van der Waals surface area contributed by atoms with Gasteiger partial charge in [-0.25, -0.2) is 0 Å². The molecular formula is C29H37NO6. The van der Waals surface area contributed by atoms with Gasteiger partial charge in [0.15, 0.2) is 11.6 Å². The van der Waals surface area contributed by atoms with Crippen molar-refractivity contribution < 1.29 is 29.3 Å². The Labute approximate surface area is 211 Å². The number of carbonyl (C=O) groups excluding carboxylic acids is 3. The van der Waals surface area contributed by atoms with E-state index < -0.39 is 45.4 Å². The smallest absolute Gasteiger partial charge is 0.206 e. The van der Waals surface area contributed by atoms with Crippen LogP contribution in [0, 0.1) is 56.7 Å². The van der Waals surface area contributed by atoms with Gasteiger partial charge in [-0.3, -0.25) is 14.4 Å². The number of rotatable bonds is 2. The van der Waals surface area contributed by atoms with Crippen LogP contribution in [0.1, 0.15) is 65.2 Å². The molecule has 2 bridgehead atoms. The van der Waals surface area contributed by atoms with Crippen molar-refractivity contribution in [3.63, 3.8) is 0 Å². The maximum Gasteiger partial charge on any atom is 0.206 e. The summed E-state index contributed by atoms with van der Waals surface area (Å²) >= 11 is 0. The molecule has 0 amide bonds. The largest absolute Gasteiger partial charge is 0.387 e. The maximum atomic E-state index is 14.8. The van der Waals surface area contributed by atoms with Crippen LogP contribution in [0.2, 0.25) is 0 Å². The third-order valence-electron chi connectivity index (χ3n) is 13.3. The topological polar surface area (TPSA) is 127 Å². The minimum atomic E-state index is -2.08. The molecule has 7 heteroatoms. The summed E-state index contributed by atoms with van der Waals surface area (Å²) in [5.74, 6) is -3.72. The molecule has 0 aromatic rings. The van der Waals surface area contributed by atoms with E-state index in [9.17, 15) is 24.6 Å². The lowest BCUT2D eigenvalue weighted by Gasteiger charge is -2.79. The van der Waals surface area contributed by atoms with Gasteiger partial charge in [0.25, 0.3) is 0 Å². The zero-order chi connectivity index (χ0) is 25.4. The molecule has 0 radical (unpaired) electrons. The molecule has 9 aliphatic rings. The summed E-state index contributed by atoms with van der Waals surface area (Å²) in [7, 11) is 0. The van der Waals surface area contributed by atoms with Crippen LogP contribution >= 0.6 is 0 Å². The highest BCUT2D eigenvalue weighted by Crippen LogP contribution is 3.04. The molecule has 3 spiro atoms. The summed E-state index contributed by atoms with van der Waals surface area (Å²) in [5, 5.41) is 24.3. The fraction of sp³-hybridized carbons (Fsp3) is 0.828. The van der Waals surface area contributed by atoms with Gasteiger partial charge in [0, 0.05) is 35.6 Å². The van der Waals surface area contributed by atoms with Gasteiger partial charge < -0.3 is 20.7 Å². The summed E-state index contributed by atoms with van der Waals surface area (Å²) in [4.78, 5) is 42.9. The lowest BCUT2D eigenvalue weighted by Crippen LogP contribution is -2.90. The quantitative estimate of drug-likeness (QED) is 0.395. The highest BCUT2D eigenvalue weighted by Gasteiger charge is 3.12. The monoisotopic (exact) mass is 495 g/mol. The van der Waals surface area contributed by atoms with Crippen molar-refractivity contribution >= 4 is 17.3 Å². The highest BCUT2D eigenvalue weighted by molar-refractivity contribution is 6.25. The molecule has 9 rings (SSSR count). The van der Waals surface area contributed by atoms with Crippen LogP contribution in [0.15, 0.2) is 12.2 Å². The lowest BCUT2D eigenvalue weighted by atomic mass is 9.26. The second-order valence-corrected chi connectivity index (χ2v) is 14.3. The fourth-order valence-electron chi connectivity index (χ4n) is 12.4. The van der Waals surface area contributed by atoms with E-state index in [0.29, 0.717) is 32.1 Å². The number of nitrogens with two attached hydrogens (primary N) is 1. The van der Waals surface area contributed by atoms with Gasteiger partial charge in [-0.15, -0.1) is 0 Å². The van der Waals surface area contributed by atoms with E-state index in [0.717, 1.165) is 24.8 Å². The number of Topliss-reactive ketones (excluding diaryl/α,β-unsaturated/α-hetero) is 3. The Morgan fingerprint density at radius 3 is 2.50 bits per heavy atom. The van der Waals surface area contributed by atoms with E-state index in [1.54, 1.807) is 0 Å². The van der Waals surface area contributed by atoms with Gasteiger partial charge in [0.05, 0.1) is 17.4 Å². The molecule has 2 saturated heterocycles. The predicted molar refractivity (Wildman–Crippen MR) is 127 cm³/mol. The number of aliphatic hydroxyl groups excluding tert-OH is 1. The van der Waals surface area contributed by atoms with Crippen LogP contribution in [-0.2, 0) is 19.1 Å². The first-order valence-corrected chi connectivity index (χ1v) is 14.0. The Balaban J connectivity index is 1.32. The van der Waals surface area contributed by atoms with E-state index in [1.807, 2.05) is 0 Å². The van der Waals surface area contributed by atoms with Crippen molar-refractivity contribution in [3.05, 3.63) is 12.2 Å². The van der Waals surface area contributed by atoms with Gasteiger partial charge >= 0.3 is 0 Å². The Bertz CT molecular complexity index is 1190. The van der Waals surface area contributed by atoms with Crippen LogP contribution in [-0.4, -0.2) is 52.1 Å². The number of hydrogen-bond donors (Lipinski definition) is 3. The molecule has 9 fully saturated rings. The number of ether oxygens (including phenoxy) is 1. The highest BCUT2D eigenvalue weighted by atomic mass is 16.6. The molecule has 2 aliphatic heterocycles. The second-order valence-electron chi connectivity index (χ2n) is 14.3. The lowest BCUT2D eigenvalue weighted by molar-refractivity contribution is -0.454. The summed E-state index contributed by atoms with van der Waals surface area (Å²) in [6.07, 6.45) is 3.98. The third-order valence-corrected chi connectivity index (χ3v) is 13.3. The summed E-state index contributed by atoms with van der Waals surface area (Å²) in [6.45, 7) is 8.50. The molecule has 36 heavy (non-hydrogen) atoms. The Morgan fingerprint density at radius 2 is 1.81 bits per heavy atom. The first-order chi connectivity index (χ1) is 16.9. The Morgan fingerprint density at radius 1 is 1.11 bits per heavy atom. The van der Waals surface area contributed by atoms with E-state index in [4.69, 9.17) is 10.5 Å². The maximum absolute atomic E-state index is 14.8. The number of fused-ring (bicyclic) bond motifs is 2. The van der Waals surface area contributed by atoms with Crippen molar-refractivity contribution in [3.8, 4) is 0 Å². The van der Waals surface area contributed by atoms with Gasteiger partial charge in [-0.05, 0) is 62.2 Å². The molecule has 10 atom stereocenters. The minimum Gasteiger partial charge on any atom is -0.387 e. The number of allylic oxidation sites excluding steroid dienone is 1. The molecule has 7 nitrogen and oxygen atoms in total. The summed E-state index contributed by atoms with van der Waals surface area (Å²) in [6, 6.07) is 0.0980. The number of ketones is 3. The second kappa shape index (κ2) is 5.93. The third kappa shape index (κ3) is 1.67. The van der Waals surface area contributed by atoms with E-state index in [2.05, 4.69) is 20.4 Å². The van der Waals surface area contributed by atoms with Crippen LogP contribution in [0.5, 0.6) is 0 Å². The van der Waals surface area contributed by atoms with E-state index in [-0.39, 0.29) is 53.2 Å². The first kappa shape index (κ1) is 22.6. The standard InChI is InChI=1S/C29H37NO6/c1-13-16-8-9-17-25-12-36-29(35,22(33)20(25)24(2,3)11-10-18(25)31)28(17)23(34)26(19(13)27(16,26)28)21(32)14-4-6-15(30)7-5-14/h14-17,19-20,22,33,35H,1,4-12,30H2,2-3H3/t14?,15?,16-,17?,19?,20+,22-,25+,26?,27?,28-,29+/m0/s1. The van der Waals surface area contributed by atoms with Gasteiger partial charge in [-0.1, -0.05) is 26.0 Å². The average molecular weight is 496 g/mol. The summed E-state index contributed by atoms with van der Waals surface area (Å²) < 4.78 is 6.15. The molecular weight excluding hydrogens is 458 g/mol. The van der Waals surface area contributed by atoms with E-state index >= 15 is 0 Å². The molecule has 0 aromatic heterocycles. The van der Waals surface area contributed by atoms with Crippen molar-refractivity contribution in [2.24, 2.45) is 62.4 Å². The zero-order valence-electron chi connectivity index (χ0n) is 21.2. The molecule has 4 unspecified atom stereocenters. The summed E-state index contributed by atoms with van der Waals surface area (Å²) in [5.41, 5.74) is 2.34. The van der Waals surface area contributed by atoms with Crippen LogP contribution in [0.4, 0.5) is 0 Å². The van der Waals surface area contributed by atoms with E-state index in [1.165, 1.54) is 0 Å². The molecule has 4 N–H and O–H groups in total. The molecule has 0 aromatic carbocycles. The minimum absolute atomic E-state index is 0.00297. The molecule has 7 aliphatic carbocycles. The van der Waals surface area contributed by atoms with Crippen molar-refractivity contribution in [2.75, 3.05) is 6.61 Å². The molecule has 194 valence electrons. The Hall–Kier alpha value is -1.41. The average Bonchev–Trinajstić information content (AvgIpc) is 3.33. The van der Waals surface area contributed by atoms with Crippen LogP contribution in [0.3, 0.4) is 0 Å². The van der Waals surface area contributed by atoms with Gasteiger partial charge in [0.2, 0.25) is 5.79 Å². The number of aliphatic hydroxyl groups is 2. The number of hydrogen-bond acceptors (Lipinski definition) is 7. The van der Waals surface area contributed by atoms with Crippen molar-refractivity contribution in [1.29, 1.82) is 0 Å². The Kier molecular flexibility index (Phi) is 3.71. The van der Waals surface area contributed by atoms with Crippen molar-refractivity contribution in [2.45, 2.75) is 83.1 Å². The zero-order valence-corrected chi connectivity index (χ0v) is 21.2. The van der Waals surface area contributed by atoms with Crippen LogP contribution < -0.4 is 5.73 Å². The van der Waals surface area contributed by atoms with Gasteiger partial charge in [-0.2, -0.15) is 0 Å². The van der Waals surface area contributed by atoms with Crippen LogP contribution in [0.25, 0.3) is 0 Å². The van der Waals surface area contributed by atoms with Crippen molar-refractivity contribution in [1.82, 2.24) is 0 Å². The number of carbonyl (C=O) groups is 3. The molecule has 7 saturated carbocycles. The van der Waals surface area contributed by atoms with Gasteiger partial charge in [0.1, 0.15) is 17.3 Å². The predicted octanol–water partition coefficient (Wildman–Crippen LogP) is 1.93. The SMILES string of the molecule is C=C1C2C3(C(=O)C4CCC(N)CC4)C(=O)[C@@]45C(CC[C@@H]1C234)[C@@]12CO[C@]5(O)[C@@H](O)[C@@H]1C(C)(C)CCC2=O. The first-order valence-electron chi connectivity index (χ1n) is 14.0. The molecule has 2 heterocycles.